The summed E-state index contributed by atoms with van der Waals surface area (Å²) >= 11 is 3.44. The van der Waals surface area contributed by atoms with Gasteiger partial charge in [0.05, 0.1) is 6.07 Å². The highest BCUT2D eigenvalue weighted by Crippen LogP contribution is 2.25. The molecule has 1 aliphatic rings. The van der Waals surface area contributed by atoms with Gasteiger partial charge in [-0.05, 0) is 43.0 Å². The third kappa shape index (κ3) is 2.76. The molecular weight excluding hydrogens is 264 g/mol. The largest absolute Gasteiger partial charge is 0.372 e. The predicted molar refractivity (Wildman–Crippen MR) is 69.3 cm³/mol. The molecule has 1 heterocycles. The molecule has 0 unspecified atom stereocenters. The quantitative estimate of drug-likeness (QED) is 0.827. The minimum atomic E-state index is 0.608. The van der Waals surface area contributed by atoms with Crippen LogP contribution < -0.4 is 4.90 Å². The van der Waals surface area contributed by atoms with E-state index in [9.17, 15) is 0 Å². The van der Waals surface area contributed by atoms with Gasteiger partial charge in [-0.1, -0.05) is 15.9 Å². The van der Waals surface area contributed by atoms with Crippen LogP contribution in [0.5, 0.6) is 0 Å². The van der Waals surface area contributed by atoms with E-state index in [-0.39, 0.29) is 0 Å². The van der Waals surface area contributed by atoms with Crippen LogP contribution in [0.3, 0.4) is 0 Å². The second-order valence-corrected chi connectivity index (χ2v) is 5.18. The van der Waals surface area contributed by atoms with Gasteiger partial charge in [-0.25, -0.2) is 0 Å². The zero-order chi connectivity index (χ0) is 11.4. The van der Waals surface area contributed by atoms with Crippen LogP contribution in [0.1, 0.15) is 19.3 Å². The first-order valence-corrected chi connectivity index (χ1v) is 6.46. The summed E-state index contributed by atoms with van der Waals surface area (Å²) in [6, 6.07) is 10.7. The fraction of sp³-hybridized carbons (Fsp3) is 0.462. The van der Waals surface area contributed by atoms with Crippen LogP contribution in [0.2, 0.25) is 0 Å². The van der Waals surface area contributed by atoms with Crippen molar-refractivity contribution in [3.8, 4) is 6.07 Å². The SMILES string of the molecule is N#CCC1CCN(c2ccc(Br)cc2)CC1. The lowest BCUT2D eigenvalue weighted by molar-refractivity contribution is 0.413. The first-order valence-electron chi connectivity index (χ1n) is 5.67. The molecule has 0 radical (unpaired) electrons. The summed E-state index contributed by atoms with van der Waals surface area (Å²) in [6.45, 7) is 2.15. The molecule has 0 spiro atoms. The molecule has 1 aliphatic heterocycles. The maximum absolute atomic E-state index is 8.66. The highest BCUT2D eigenvalue weighted by molar-refractivity contribution is 9.10. The Morgan fingerprint density at radius 3 is 2.44 bits per heavy atom. The van der Waals surface area contributed by atoms with Crippen molar-refractivity contribution in [1.29, 1.82) is 5.26 Å². The second kappa shape index (κ2) is 5.36. The van der Waals surface area contributed by atoms with Crippen molar-refractivity contribution in [2.75, 3.05) is 18.0 Å². The van der Waals surface area contributed by atoms with E-state index in [1.807, 2.05) is 0 Å². The van der Waals surface area contributed by atoms with Gasteiger partial charge in [-0.2, -0.15) is 5.26 Å². The predicted octanol–water partition coefficient (Wildman–Crippen LogP) is 3.58. The van der Waals surface area contributed by atoms with Crippen LogP contribution >= 0.6 is 15.9 Å². The average Bonchev–Trinajstić information content (AvgIpc) is 2.32. The summed E-state index contributed by atoms with van der Waals surface area (Å²) in [7, 11) is 0. The smallest absolute Gasteiger partial charge is 0.0624 e. The van der Waals surface area contributed by atoms with Crippen molar-refractivity contribution in [3.05, 3.63) is 28.7 Å². The van der Waals surface area contributed by atoms with Gasteiger partial charge in [0, 0.05) is 29.7 Å². The molecule has 0 atom stereocenters. The molecule has 0 amide bonds. The van der Waals surface area contributed by atoms with Crippen LogP contribution in [0.25, 0.3) is 0 Å². The Hall–Kier alpha value is -1.01. The number of nitriles is 1. The van der Waals surface area contributed by atoms with Gasteiger partial charge < -0.3 is 4.90 Å². The molecule has 0 saturated carbocycles. The van der Waals surface area contributed by atoms with E-state index in [0.29, 0.717) is 12.3 Å². The number of benzene rings is 1. The molecule has 1 aromatic rings. The Kier molecular flexibility index (Phi) is 3.84. The molecule has 16 heavy (non-hydrogen) atoms. The van der Waals surface area contributed by atoms with E-state index >= 15 is 0 Å². The number of hydrogen-bond acceptors (Lipinski definition) is 2. The molecule has 2 rings (SSSR count). The minimum absolute atomic E-state index is 0.608. The molecule has 84 valence electrons. The minimum Gasteiger partial charge on any atom is -0.372 e. The van der Waals surface area contributed by atoms with E-state index in [4.69, 9.17) is 5.26 Å². The Labute approximate surface area is 105 Å². The highest BCUT2D eigenvalue weighted by atomic mass is 79.9. The van der Waals surface area contributed by atoms with Crippen molar-refractivity contribution in [1.82, 2.24) is 0 Å². The fourth-order valence-electron chi connectivity index (χ4n) is 2.18. The van der Waals surface area contributed by atoms with Gasteiger partial charge >= 0.3 is 0 Å². The van der Waals surface area contributed by atoms with E-state index in [1.165, 1.54) is 5.69 Å². The van der Waals surface area contributed by atoms with Crippen molar-refractivity contribution in [3.63, 3.8) is 0 Å². The van der Waals surface area contributed by atoms with Gasteiger partial charge in [0.15, 0.2) is 0 Å². The molecule has 3 heteroatoms. The van der Waals surface area contributed by atoms with Crippen molar-refractivity contribution in [2.24, 2.45) is 5.92 Å². The Morgan fingerprint density at radius 1 is 1.25 bits per heavy atom. The van der Waals surface area contributed by atoms with Crippen molar-refractivity contribution < 1.29 is 0 Å². The monoisotopic (exact) mass is 278 g/mol. The molecule has 0 aliphatic carbocycles. The lowest BCUT2D eigenvalue weighted by Crippen LogP contribution is -2.33. The summed E-state index contributed by atoms with van der Waals surface area (Å²) in [5.41, 5.74) is 1.29. The zero-order valence-electron chi connectivity index (χ0n) is 9.19. The normalized spacial score (nSPS) is 17.1. The first-order chi connectivity index (χ1) is 7.79. The topological polar surface area (TPSA) is 27.0 Å². The van der Waals surface area contributed by atoms with Crippen molar-refractivity contribution in [2.45, 2.75) is 19.3 Å². The molecule has 1 aromatic carbocycles. The molecule has 2 nitrogen and oxygen atoms in total. The standard InChI is InChI=1S/C13H15BrN2/c14-12-1-3-13(4-2-12)16-9-6-11(5-8-15)7-10-16/h1-4,11H,5-7,9-10H2. The Balaban J connectivity index is 1.94. The molecule has 1 fully saturated rings. The van der Waals surface area contributed by atoms with E-state index in [2.05, 4.69) is 51.2 Å². The van der Waals surface area contributed by atoms with Gasteiger partial charge in [-0.15, -0.1) is 0 Å². The summed E-state index contributed by atoms with van der Waals surface area (Å²) in [5, 5.41) is 8.66. The number of rotatable bonds is 2. The number of hydrogen-bond donors (Lipinski definition) is 0. The van der Waals surface area contributed by atoms with Crippen LogP contribution in [0, 0.1) is 17.2 Å². The van der Waals surface area contributed by atoms with Gasteiger partial charge in [0.25, 0.3) is 0 Å². The summed E-state index contributed by atoms with van der Waals surface area (Å²) < 4.78 is 1.12. The Bertz CT molecular complexity index is 372. The van der Waals surface area contributed by atoms with Crippen molar-refractivity contribution >= 4 is 21.6 Å². The van der Waals surface area contributed by atoms with Crippen LogP contribution in [-0.4, -0.2) is 13.1 Å². The summed E-state index contributed by atoms with van der Waals surface area (Å²) in [5.74, 6) is 0.608. The zero-order valence-corrected chi connectivity index (χ0v) is 10.8. The van der Waals surface area contributed by atoms with Crippen LogP contribution in [0.15, 0.2) is 28.7 Å². The summed E-state index contributed by atoms with van der Waals surface area (Å²) in [6.07, 6.45) is 3.00. The molecular formula is C13H15BrN2. The van der Waals surface area contributed by atoms with Crippen LogP contribution in [0.4, 0.5) is 5.69 Å². The first kappa shape index (κ1) is 11.5. The maximum Gasteiger partial charge on any atom is 0.0624 e. The highest BCUT2D eigenvalue weighted by Gasteiger charge is 2.18. The summed E-state index contributed by atoms with van der Waals surface area (Å²) in [4.78, 5) is 2.40. The van der Waals surface area contributed by atoms with Gasteiger partial charge in [0.1, 0.15) is 0 Å². The number of nitrogens with zero attached hydrogens (tertiary/aromatic N) is 2. The molecule has 0 bridgehead atoms. The fourth-order valence-corrected chi connectivity index (χ4v) is 2.44. The van der Waals surface area contributed by atoms with E-state index in [0.717, 1.165) is 30.4 Å². The maximum atomic E-state index is 8.66. The number of anilines is 1. The Morgan fingerprint density at radius 2 is 1.88 bits per heavy atom. The lowest BCUT2D eigenvalue weighted by atomic mass is 9.94. The van der Waals surface area contributed by atoms with Gasteiger partial charge in [-0.3, -0.25) is 0 Å². The third-order valence-electron chi connectivity index (χ3n) is 3.19. The molecule has 0 aromatic heterocycles. The average molecular weight is 279 g/mol. The number of halogens is 1. The van der Waals surface area contributed by atoms with E-state index in [1.54, 1.807) is 0 Å². The second-order valence-electron chi connectivity index (χ2n) is 4.27. The van der Waals surface area contributed by atoms with Crippen LogP contribution in [-0.2, 0) is 0 Å². The molecule has 1 saturated heterocycles. The lowest BCUT2D eigenvalue weighted by Gasteiger charge is -2.32. The van der Waals surface area contributed by atoms with Gasteiger partial charge in [0.2, 0.25) is 0 Å². The van der Waals surface area contributed by atoms with E-state index < -0.39 is 0 Å². The molecule has 0 N–H and O–H groups in total. The third-order valence-corrected chi connectivity index (χ3v) is 3.71. The number of piperidine rings is 1.